The van der Waals surface area contributed by atoms with Gasteiger partial charge < -0.3 is 4.90 Å². The second-order valence-corrected chi connectivity index (χ2v) is 6.51. The van der Waals surface area contributed by atoms with E-state index in [-0.39, 0.29) is 17.9 Å². The summed E-state index contributed by atoms with van der Waals surface area (Å²) in [5, 5.41) is 5.74. The van der Waals surface area contributed by atoms with Crippen LogP contribution < -0.4 is 5.56 Å². The first-order valence-electron chi connectivity index (χ1n) is 8.29. The van der Waals surface area contributed by atoms with E-state index in [0.29, 0.717) is 17.0 Å². The Morgan fingerprint density at radius 3 is 2.74 bits per heavy atom. The van der Waals surface area contributed by atoms with Crippen LogP contribution in [0, 0.1) is 5.92 Å². The third-order valence-electron chi connectivity index (χ3n) is 4.72. The molecule has 1 saturated heterocycles. The van der Waals surface area contributed by atoms with E-state index in [1.54, 1.807) is 13.1 Å². The molecule has 1 aliphatic heterocycles. The molecule has 1 atom stereocenters. The Morgan fingerprint density at radius 2 is 1.96 bits per heavy atom. The van der Waals surface area contributed by atoms with Crippen LogP contribution in [0.3, 0.4) is 0 Å². The SMILES string of the molecule is CC1CCCN(C(=O)Cc2nn(C)c(=O)c3ccccc23)CC1. The molecule has 1 aliphatic rings. The fourth-order valence-corrected chi connectivity index (χ4v) is 3.27. The van der Waals surface area contributed by atoms with Gasteiger partial charge in [-0.05, 0) is 31.2 Å². The lowest BCUT2D eigenvalue weighted by Crippen LogP contribution is -2.34. The zero-order chi connectivity index (χ0) is 16.4. The topological polar surface area (TPSA) is 55.2 Å². The minimum absolute atomic E-state index is 0.107. The number of amides is 1. The molecule has 1 unspecified atom stereocenters. The standard InChI is InChI=1S/C18H23N3O2/c1-13-6-5-10-21(11-9-13)17(22)12-16-14-7-3-4-8-15(14)18(23)20(2)19-16/h3-4,7-8,13H,5-6,9-12H2,1-2H3. The third-order valence-corrected chi connectivity index (χ3v) is 4.72. The molecule has 1 amide bonds. The molecule has 0 radical (unpaired) electrons. The number of rotatable bonds is 2. The minimum Gasteiger partial charge on any atom is -0.342 e. The van der Waals surface area contributed by atoms with Crippen molar-refractivity contribution < 1.29 is 4.79 Å². The summed E-state index contributed by atoms with van der Waals surface area (Å²) in [6.07, 6.45) is 3.56. The van der Waals surface area contributed by atoms with Crippen molar-refractivity contribution in [2.45, 2.75) is 32.6 Å². The van der Waals surface area contributed by atoms with E-state index in [4.69, 9.17) is 0 Å². The van der Waals surface area contributed by atoms with Crippen molar-refractivity contribution in [2.24, 2.45) is 13.0 Å². The van der Waals surface area contributed by atoms with Crippen molar-refractivity contribution in [3.8, 4) is 0 Å². The maximum Gasteiger partial charge on any atom is 0.274 e. The highest BCUT2D eigenvalue weighted by Crippen LogP contribution is 2.18. The molecule has 0 N–H and O–H groups in total. The maximum absolute atomic E-state index is 12.7. The third kappa shape index (κ3) is 3.28. The molecule has 5 heteroatoms. The number of nitrogens with zero attached hydrogens (tertiary/aromatic N) is 3. The van der Waals surface area contributed by atoms with E-state index in [1.165, 1.54) is 11.1 Å². The smallest absolute Gasteiger partial charge is 0.274 e. The van der Waals surface area contributed by atoms with E-state index in [0.717, 1.165) is 31.3 Å². The summed E-state index contributed by atoms with van der Waals surface area (Å²) in [5.74, 6) is 0.791. The molecule has 0 saturated carbocycles. The van der Waals surface area contributed by atoms with Gasteiger partial charge in [-0.2, -0.15) is 5.10 Å². The van der Waals surface area contributed by atoms with Gasteiger partial charge in [0.15, 0.2) is 0 Å². The van der Waals surface area contributed by atoms with Gasteiger partial charge in [0.25, 0.3) is 5.56 Å². The average Bonchev–Trinajstić information content (AvgIpc) is 2.77. The lowest BCUT2D eigenvalue weighted by Gasteiger charge is -2.20. The van der Waals surface area contributed by atoms with Crippen molar-refractivity contribution >= 4 is 16.7 Å². The van der Waals surface area contributed by atoms with E-state index < -0.39 is 0 Å². The van der Waals surface area contributed by atoms with Gasteiger partial charge in [0.2, 0.25) is 5.91 Å². The highest BCUT2D eigenvalue weighted by molar-refractivity contribution is 5.88. The van der Waals surface area contributed by atoms with Crippen molar-refractivity contribution in [1.82, 2.24) is 14.7 Å². The Labute approximate surface area is 135 Å². The maximum atomic E-state index is 12.7. The van der Waals surface area contributed by atoms with Gasteiger partial charge in [-0.15, -0.1) is 0 Å². The van der Waals surface area contributed by atoms with Crippen molar-refractivity contribution in [2.75, 3.05) is 13.1 Å². The Kier molecular flexibility index (Phi) is 4.46. The van der Waals surface area contributed by atoms with E-state index in [9.17, 15) is 9.59 Å². The Morgan fingerprint density at radius 1 is 1.22 bits per heavy atom. The summed E-state index contributed by atoms with van der Waals surface area (Å²) in [6, 6.07) is 7.38. The molecule has 0 spiro atoms. The molecule has 0 aliphatic carbocycles. The normalized spacial score (nSPS) is 18.9. The molecule has 5 nitrogen and oxygen atoms in total. The van der Waals surface area contributed by atoms with Crippen LogP contribution in [0.4, 0.5) is 0 Å². The summed E-state index contributed by atoms with van der Waals surface area (Å²) >= 11 is 0. The van der Waals surface area contributed by atoms with Gasteiger partial charge in [0.1, 0.15) is 0 Å². The van der Waals surface area contributed by atoms with Crippen LogP contribution in [0.2, 0.25) is 0 Å². The summed E-state index contributed by atoms with van der Waals surface area (Å²) in [7, 11) is 1.64. The van der Waals surface area contributed by atoms with Crippen LogP contribution in [-0.2, 0) is 18.3 Å². The molecule has 2 aromatic rings. The number of carbonyl (C=O) groups excluding carboxylic acids is 1. The molecule has 1 aromatic carbocycles. The molecule has 1 aromatic heterocycles. The number of fused-ring (bicyclic) bond motifs is 1. The molecule has 23 heavy (non-hydrogen) atoms. The number of aryl methyl sites for hydroxylation is 1. The molecule has 1 fully saturated rings. The van der Waals surface area contributed by atoms with Gasteiger partial charge in [-0.3, -0.25) is 9.59 Å². The van der Waals surface area contributed by atoms with Gasteiger partial charge >= 0.3 is 0 Å². The second kappa shape index (κ2) is 6.52. The van der Waals surface area contributed by atoms with Crippen LogP contribution >= 0.6 is 0 Å². The highest BCUT2D eigenvalue weighted by Gasteiger charge is 2.20. The number of carbonyl (C=O) groups is 1. The first-order valence-corrected chi connectivity index (χ1v) is 8.29. The quantitative estimate of drug-likeness (QED) is 0.853. The number of hydrogen-bond donors (Lipinski definition) is 0. The fraction of sp³-hybridized carbons (Fsp3) is 0.500. The molecular weight excluding hydrogens is 290 g/mol. The van der Waals surface area contributed by atoms with Crippen LogP contribution in [0.1, 0.15) is 31.9 Å². The number of benzene rings is 1. The Bertz CT molecular complexity index is 781. The first-order chi connectivity index (χ1) is 11.1. The molecule has 0 bridgehead atoms. The lowest BCUT2D eigenvalue weighted by molar-refractivity contribution is -0.130. The fourth-order valence-electron chi connectivity index (χ4n) is 3.27. The Balaban J connectivity index is 1.88. The first kappa shape index (κ1) is 15.7. The number of likely N-dealkylation sites (tertiary alicyclic amines) is 1. The zero-order valence-corrected chi connectivity index (χ0v) is 13.8. The predicted octanol–water partition coefficient (Wildman–Crippen LogP) is 2.12. The predicted molar refractivity (Wildman–Crippen MR) is 90.3 cm³/mol. The van der Waals surface area contributed by atoms with Gasteiger partial charge in [-0.1, -0.05) is 25.1 Å². The van der Waals surface area contributed by atoms with Gasteiger partial charge in [-0.25, -0.2) is 4.68 Å². The summed E-state index contributed by atoms with van der Waals surface area (Å²) in [5.41, 5.74) is 0.561. The van der Waals surface area contributed by atoms with E-state index in [1.807, 2.05) is 23.1 Å². The number of hydrogen-bond acceptors (Lipinski definition) is 3. The highest BCUT2D eigenvalue weighted by atomic mass is 16.2. The van der Waals surface area contributed by atoms with E-state index in [2.05, 4.69) is 12.0 Å². The van der Waals surface area contributed by atoms with Crippen molar-refractivity contribution in [1.29, 1.82) is 0 Å². The minimum atomic E-state index is -0.125. The van der Waals surface area contributed by atoms with Crippen LogP contribution in [0.5, 0.6) is 0 Å². The second-order valence-electron chi connectivity index (χ2n) is 6.51. The zero-order valence-electron chi connectivity index (χ0n) is 13.8. The van der Waals surface area contributed by atoms with Crippen molar-refractivity contribution in [3.05, 3.63) is 40.3 Å². The Hall–Kier alpha value is -2.17. The van der Waals surface area contributed by atoms with Crippen molar-refractivity contribution in [3.63, 3.8) is 0 Å². The lowest BCUT2D eigenvalue weighted by atomic mass is 10.0. The summed E-state index contributed by atoms with van der Waals surface area (Å²) < 4.78 is 1.33. The van der Waals surface area contributed by atoms with Gasteiger partial charge in [0.05, 0.1) is 17.5 Å². The molecule has 2 heterocycles. The largest absolute Gasteiger partial charge is 0.342 e. The molecule has 3 rings (SSSR count). The molecule has 122 valence electrons. The summed E-state index contributed by atoms with van der Waals surface area (Å²) in [4.78, 5) is 26.8. The van der Waals surface area contributed by atoms with Gasteiger partial charge in [0, 0.05) is 25.5 Å². The van der Waals surface area contributed by atoms with Crippen LogP contribution in [0.25, 0.3) is 10.8 Å². The van der Waals surface area contributed by atoms with Crippen LogP contribution in [-0.4, -0.2) is 33.7 Å². The van der Waals surface area contributed by atoms with Crippen LogP contribution in [0.15, 0.2) is 29.1 Å². The van der Waals surface area contributed by atoms with E-state index >= 15 is 0 Å². The monoisotopic (exact) mass is 313 g/mol. The summed E-state index contributed by atoms with van der Waals surface area (Å²) in [6.45, 7) is 3.90. The molecular formula is C18H23N3O2. The number of aromatic nitrogens is 2. The average molecular weight is 313 g/mol.